The van der Waals surface area contributed by atoms with E-state index < -0.39 is 0 Å². The van der Waals surface area contributed by atoms with E-state index in [1.807, 2.05) is 6.92 Å². The largest absolute Gasteiger partial charge is 0.368 e. The van der Waals surface area contributed by atoms with Crippen LogP contribution in [-0.2, 0) is 4.79 Å². The van der Waals surface area contributed by atoms with Crippen LogP contribution in [0.25, 0.3) is 0 Å². The van der Waals surface area contributed by atoms with Crippen LogP contribution >= 0.6 is 0 Å². The van der Waals surface area contributed by atoms with E-state index in [0.717, 1.165) is 30.0 Å². The summed E-state index contributed by atoms with van der Waals surface area (Å²) in [6, 6.07) is 0. The average molecular weight is 264 g/mol. The Morgan fingerprint density at radius 3 is 2.58 bits per heavy atom. The fraction of sp³-hybridized carbons (Fsp3) is 0.583. The molecule has 1 aromatic rings. The summed E-state index contributed by atoms with van der Waals surface area (Å²) in [6.07, 6.45) is 2.27. The Morgan fingerprint density at radius 1 is 1.32 bits per heavy atom. The number of nitrogen functional groups attached to an aromatic ring is 1. The summed E-state index contributed by atoms with van der Waals surface area (Å²) in [5, 5.41) is 5.93. The number of hydrogen-bond acceptors (Lipinski definition) is 6. The second kappa shape index (κ2) is 5.83. The van der Waals surface area contributed by atoms with Crippen molar-refractivity contribution in [2.24, 2.45) is 5.84 Å². The quantitative estimate of drug-likeness (QED) is 0.339. The van der Waals surface area contributed by atoms with E-state index in [-0.39, 0.29) is 5.91 Å². The molecule has 104 valence electrons. The molecular weight excluding hydrogens is 244 g/mol. The van der Waals surface area contributed by atoms with E-state index >= 15 is 0 Å². The number of amides is 1. The van der Waals surface area contributed by atoms with Gasteiger partial charge in [-0.25, -0.2) is 15.8 Å². The van der Waals surface area contributed by atoms with Crippen molar-refractivity contribution in [3.05, 3.63) is 11.4 Å². The van der Waals surface area contributed by atoms with Crippen LogP contribution in [0, 0.1) is 6.92 Å². The Hall–Kier alpha value is -1.89. The fourth-order valence-corrected chi connectivity index (χ4v) is 1.79. The number of hydrogen-bond donors (Lipinski definition) is 4. The van der Waals surface area contributed by atoms with Gasteiger partial charge in [-0.15, -0.1) is 0 Å². The first-order valence-corrected chi connectivity index (χ1v) is 6.45. The molecule has 7 heteroatoms. The van der Waals surface area contributed by atoms with Gasteiger partial charge in [-0.1, -0.05) is 0 Å². The maximum absolute atomic E-state index is 10.8. The van der Waals surface area contributed by atoms with Gasteiger partial charge in [0.1, 0.15) is 17.5 Å². The van der Waals surface area contributed by atoms with Crippen LogP contribution in [0.5, 0.6) is 0 Å². The molecule has 1 fully saturated rings. The van der Waals surface area contributed by atoms with Crippen LogP contribution in [0.3, 0.4) is 0 Å². The van der Waals surface area contributed by atoms with E-state index in [2.05, 4.69) is 26.0 Å². The summed E-state index contributed by atoms with van der Waals surface area (Å²) in [7, 11) is 0. The van der Waals surface area contributed by atoms with Gasteiger partial charge in [-0.05, 0) is 19.8 Å². The van der Waals surface area contributed by atoms with Crippen molar-refractivity contribution in [1.82, 2.24) is 15.3 Å². The normalized spacial score (nSPS) is 14.1. The fourth-order valence-electron chi connectivity index (χ4n) is 1.79. The van der Waals surface area contributed by atoms with Crippen molar-refractivity contribution in [3.63, 3.8) is 0 Å². The second-order valence-electron chi connectivity index (χ2n) is 4.73. The molecule has 1 heterocycles. The topological polar surface area (TPSA) is 105 Å². The highest BCUT2D eigenvalue weighted by Gasteiger charge is 2.28. The standard InChI is InChI=1S/C12H20N6O/c1-7-10(15-6-5-14-8(2)19)16-12(9-3-4-9)17-11(7)18-13/h9H,3-6,13H2,1-2H3,(H,14,19)(H2,15,16,17,18). The lowest BCUT2D eigenvalue weighted by atomic mass is 10.3. The van der Waals surface area contributed by atoms with Crippen LogP contribution in [0.15, 0.2) is 0 Å². The number of nitrogens with zero attached hydrogens (tertiary/aromatic N) is 2. The third-order valence-corrected chi connectivity index (χ3v) is 3.03. The SMILES string of the molecule is CC(=O)NCCNc1nc(C2CC2)nc(NN)c1C. The first kappa shape index (κ1) is 13.5. The highest BCUT2D eigenvalue weighted by Crippen LogP contribution is 2.39. The zero-order chi connectivity index (χ0) is 13.8. The molecule has 2 rings (SSSR count). The predicted octanol–water partition coefficient (Wildman–Crippen LogP) is 0.496. The van der Waals surface area contributed by atoms with Crippen LogP contribution in [0.4, 0.5) is 11.6 Å². The molecule has 0 bridgehead atoms. The molecule has 19 heavy (non-hydrogen) atoms. The molecule has 0 saturated heterocycles. The summed E-state index contributed by atoms with van der Waals surface area (Å²) >= 11 is 0. The Morgan fingerprint density at radius 2 is 2.00 bits per heavy atom. The van der Waals surface area contributed by atoms with Gasteiger partial charge >= 0.3 is 0 Å². The molecule has 0 radical (unpaired) electrons. The van der Waals surface area contributed by atoms with E-state index in [1.54, 1.807) is 0 Å². The number of anilines is 2. The Balaban J connectivity index is 2.05. The lowest BCUT2D eigenvalue weighted by Crippen LogP contribution is -2.27. The molecule has 1 amide bonds. The number of rotatable bonds is 6. The molecule has 1 aliphatic carbocycles. The van der Waals surface area contributed by atoms with Crippen molar-refractivity contribution >= 4 is 17.5 Å². The van der Waals surface area contributed by atoms with Gasteiger partial charge in [0.25, 0.3) is 0 Å². The van der Waals surface area contributed by atoms with Crippen molar-refractivity contribution in [3.8, 4) is 0 Å². The average Bonchev–Trinajstić information content (AvgIpc) is 3.20. The lowest BCUT2D eigenvalue weighted by molar-refractivity contribution is -0.118. The molecule has 0 aliphatic heterocycles. The van der Waals surface area contributed by atoms with Gasteiger partial charge in [0.15, 0.2) is 0 Å². The molecule has 5 N–H and O–H groups in total. The molecular formula is C12H20N6O. The highest BCUT2D eigenvalue weighted by molar-refractivity contribution is 5.72. The summed E-state index contributed by atoms with van der Waals surface area (Å²) in [5.41, 5.74) is 3.49. The van der Waals surface area contributed by atoms with Gasteiger partial charge in [0.2, 0.25) is 5.91 Å². The van der Waals surface area contributed by atoms with Gasteiger partial charge in [0.05, 0.1) is 0 Å². The monoisotopic (exact) mass is 264 g/mol. The number of carbonyl (C=O) groups excluding carboxylic acids is 1. The number of aromatic nitrogens is 2. The highest BCUT2D eigenvalue weighted by atomic mass is 16.1. The van der Waals surface area contributed by atoms with Crippen LogP contribution in [0.1, 0.15) is 37.1 Å². The van der Waals surface area contributed by atoms with Gasteiger partial charge < -0.3 is 16.1 Å². The molecule has 1 aromatic heterocycles. The second-order valence-corrected chi connectivity index (χ2v) is 4.73. The molecule has 1 saturated carbocycles. The van der Waals surface area contributed by atoms with Crippen molar-refractivity contribution in [2.45, 2.75) is 32.6 Å². The molecule has 0 aromatic carbocycles. The molecule has 0 spiro atoms. The Kier molecular flexibility index (Phi) is 4.16. The van der Waals surface area contributed by atoms with Crippen LogP contribution in [-0.4, -0.2) is 29.0 Å². The Labute approximate surface area is 112 Å². The van der Waals surface area contributed by atoms with E-state index in [0.29, 0.717) is 24.8 Å². The van der Waals surface area contributed by atoms with E-state index in [4.69, 9.17) is 5.84 Å². The van der Waals surface area contributed by atoms with Gasteiger partial charge in [-0.3, -0.25) is 4.79 Å². The summed E-state index contributed by atoms with van der Waals surface area (Å²) in [5.74, 6) is 8.16. The lowest BCUT2D eigenvalue weighted by Gasteiger charge is -2.13. The molecule has 0 atom stereocenters. The maximum Gasteiger partial charge on any atom is 0.216 e. The third-order valence-electron chi connectivity index (χ3n) is 3.03. The number of nitrogens with two attached hydrogens (primary N) is 1. The van der Waals surface area contributed by atoms with Crippen LogP contribution in [0.2, 0.25) is 0 Å². The zero-order valence-corrected chi connectivity index (χ0v) is 11.3. The minimum absolute atomic E-state index is 0.0378. The summed E-state index contributed by atoms with van der Waals surface area (Å²) in [6.45, 7) is 4.58. The van der Waals surface area contributed by atoms with Crippen molar-refractivity contribution in [2.75, 3.05) is 23.8 Å². The molecule has 0 unspecified atom stereocenters. The van der Waals surface area contributed by atoms with Gasteiger partial charge in [-0.2, -0.15) is 0 Å². The first-order chi connectivity index (χ1) is 9.11. The maximum atomic E-state index is 10.8. The first-order valence-electron chi connectivity index (χ1n) is 6.45. The molecule has 7 nitrogen and oxygen atoms in total. The van der Waals surface area contributed by atoms with E-state index in [1.165, 1.54) is 6.92 Å². The minimum Gasteiger partial charge on any atom is -0.368 e. The number of hydrazine groups is 1. The number of carbonyl (C=O) groups is 1. The van der Waals surface area contributed by atoms with Gasteiger partial charge in [0, 0.05) is 31.5 Å². The third kappa shape index (κ3) is 3.54. The van der Waals surface area contributed by atoms with Crippen molar-refractivity contribution in [1.29, 1.82) is 0 Å². The van der Waals surface area contributed by atoms with E-state index in [9.17, 15) is 4.79 Å². The molecule has 1 aliphatic rings. The summed E-state index contributed by atoms with van der Waals surface area (Å²) in [4.78, 5) is 19.7. The number of nitrogens with one attached hydrogen (secondary N) is 3. The Bertz CT molecular complexity index is 472. The summed E-state index contributed by atoms with van der Waals surface area (Å²) < 4.78 is 0. The minimum atomic E-state index is -0.0378. The van der Waals surface area contributed by atoms with Crippen molar-refractivity contribution < 1.29 is 4.79 Å². The predicted molar refractivity (Wildman–Crippen MR) is 73.7 cm³/mol. The zero-order valence-electron chi connectivity index (χ0n) is 11.3. The smallest absolute Gasteiger partial charge is 0.216 e. The van der Waals surface area contributed by atoms with Crippen LogP contribution < -0.4 is 21.9 Å².